The summed E-state index contributed by atoms with van der Waals surface area (Å²) in [4.78, 5) is 41.0. The Hall–Kier alpha value is -3.68. The maximum Gasteiger partial charge on any atom is 0.326 e. The van der Waals surface area contributed by atoms with Crippen molar-refractivity contribution >= 4 is 23.6 Å². The first-order valence-corrected chi connectivity index (χ1v) is 9.93. The quantitative estimate of drug-likeness (QED) is 0.367. The van der Waals surface area contributed by atoms with E-state index in [1.807, 2.05) is 24.3 Å². The van der Waals surface area contributed by atoms with Gasteiger partial charge in [0.15, 0.2) is 0 Å². The molecule has 0 saturated heterocycles. The van der Waals surface area contributed by atoms with Gasteiger partial charge in [-0.05, 0) is 23.1 Å². The van der Waals surface area contributed by atoms with Crippen molar-refractivity contribution in [1.82, 2.24) is 9.80 Å². The zero-order chi connectivity index (χ0) is 22.7. The van der Waals surface area contributed by atoms with Crippen LogP contribution in [0.1, 0.15) is 22.3 Å². The second-order valence-corrected chi connectivity index (χ2v) is 7.89. The van der Waals surface area contributed by atoms with E-state index in [4.69, 9.17) is 11.1 Å². The summed E-state index contributed by atoms with van der Waals surface area (Å²) in [6.07, 6.45) is 0.325. The molecule has 2 atom stereocenters. The van der Waals surface area contributed by atoms with Gasteiger partial charge in [0, 0.05) is 32.6 Å². The van der Waals surface area contributed by atoms with Crippen LogP contribution in [-0.2, 0) is 33.8 Å². The van der Waals surface area contributed by atoms with Crippen LogP contribution < -0.4 is 5.73 Å². The van der Waals surface area contributed by atoms with Crippen molar-refractivity contribution in [3.8, 4) is 0 Å². The number of carboxylic acids is 1. The summed E-state index contributed by atoms with van der Waals surface area (Å²) in [6, 6.07) is 13.2. The zero-order valence-electron chi connectivity index (χ0n) is 17.5. The van der Waals surface area contributed by atoms with E-state index in [1.54, 1.807) is 38.4 Å². The molecular weight excluding hydrogens is 396 g/mol. The number of carbonyl (C=O) groups is 3. The lowest BCUT2D eigenvalue weighted by Crippen LogP contribution is -2.53. The van der Waals surface area contributed by atoms with Crippen molar-refractivity contribution in [2.75, 3.05) is 14.1 Å². The Bertz CT molecular complexity index is 1020. The van der Waals surface area contributed by atoms with Crippen molar-refractivity contribution in [1.29, 1.82) is 5.41 Å². The van der Waals surface area contributed by atoms with Gasteiger partial charge < -0.3 is 20.6 Å². The van der Waals surface area contributed by atoms with E-state index in [9.17, 15) is 19.5 Å². The second-order valence-electron chi connectivity index (χ2n) is 7.89. The number of nitrogens with zero attached hydrogens (tertiary/aromatic N) is 2. The largest absolute Gasteiger partial charge is 0.480 e. The van der Waals surface area contributed by atoms with E-state index in [0.29, 0.717) is 5.56 Å². The summed E-state index contributed by atoms with van der Waals surface area (Å²) in [5.41, 5.74) is 8.54. The smallest absolute Gasteiger partial charge is 0.326 e. The molecule has 2 amide bonds. The molecule has 0 bridgehead atoms. The van der Waals surface area contributed by atoms with Gasteiger partial charge in [0.25, 0.3) is 0 Å². The van der Waals surface area contributed by atoms with Crippen molar-refractivity contribution in [3.63, 3.8) is 0 Å². The van der Waals surface area contributed by atoms with Crippen molar-refractivity contribution < 1.29 is 19.5 Å². The number of hydrogen-bond donors (Lipinski definition) is 3. The number of amides is 2. The monoisotopic (exact) mass is 422 g/mol. The average molecular weight is 422 g/mol. The van der Waals surface area contributed by atoms with Crippen LogP contribution in [0.25, 0.3) is 0 Å². The number of nitrogens with one attached hydrogen (secondary N) is 1. The summed E-state index contributed by atoms with van der Waals surface area (Å²) < 4.78 is 0. The van der Waals surface area contributed by atoms with Gasteiger partial charge in [0.1, 0.15) is 17.8 Å². The summed E-state index contributed by atoms with van der Waals surface area (Å²) in [5, 5.41) is 17.3. The molecule has 0 aromatic heterocycles. The van der Waals surface area contributed by atoms with E-state index in [-0.39, 0.29) is 31.1 Å². The first-order chi connectivity index (χ1) is 14.7. The molecule has 4 N–H and O–H groups in total. The maximum absolute atomic E-state index is 13.5. The Morgan fingerprint density at radius 3 is 2.29 bits per heavy atom. The minimum absolute atomic E-state index is 0.0696. The normalized spacial score (nSPS) is 16.2. The molecule has 0 saturated carbocycles. The zero-order valence-corrected chi connectivity index (χ0v) is 17.5. The van der Waals surface area contributed by atoms with Gasteiger partial charge in [-0.2, -0.15) is 0 Å². The molecule has 8 nitrogen and oxygen atoms in total. The van der Waals surface area contributed by atoms with Crippen molar-refractivity contribution in [2.24, 2.45) is 11.7 Å². The number of benzene rings is 2. The number of carboxylic acid groups (broad SMARTS) is 1. The number of aliphatic carboxylic acids is 1. The van der Waals surface area contributed by atoms with Gasteiger partial charge in [0.2, 0.25) is 11.8 Å². The third kappa shape index (κ3) is 4.74. The van der Waals surface area contributed by atoms with Crippen LogP contribution in [0.4, 0.5) is 0 Å². The van der Waals surface area contributed by atoms with Crippen LogP contribution in [0.3, 0.4) is 0 Å². The summed E-state index contributed by atoms with van der Waals surface area (Å²) >= 11 is 0. The summed E-state index contributed by atoms with van der Waals surface area (Å²) in [5.74, 6) is -3.10. The number of carbonyl (C=O) groups excluding carboxylic acids is 2. The molecule has 0 fully saturated rings. The molecule has 31 heavy (non-hydrogen) atoms. The fourth-order valence-corrected chi connectivity index (χ4v) is 3.82. The molecule has 3 rings (SSSR count). The highest BCUT2D eigenvalue weighted by Gasteiger charge is 2.40. The lowest BCUT2D eigenvalue weighted by atomic mass is 9.90. The number of nitrogen functional groups attached to an aromatic ring is 1. The van der Waals surface area contributed by atoms with Crippen LogP contribution in [0.2, 0.25) is 0 Å². The SMILES string of the molecule is CN(C)C(=O)C(Cc1ccc(C(=N)N)cc1)C(=O)N1Cc2ccccc2CC1C(=O)O. The number of amidine groups is 1. The van der Waals surface area contributed by atoms with Gasteiger partial charge in [-0.15, -0.1) is 0 Å². The van der Waals surface area contributed by atoms with Gasteiger partial charge in [0.05, 0.1) is 0 Å². The Morgan fingerprint density at radius 1 is 1.13 bits per heavy atom. The van der Waals surface area contributed by atoms with Crippen LogP contribution in [0.15, 0.2) is 48.5 Å². The fraction of sp³-hybridized carbons (Fsp3) is 0.304. The number of fused-ring (bicyclic) bond motifs is 1. The lowest BCUT2D eigenvalue weighted by molar-refractivity contribution is -0.156. The molecule has 1 heterocycles. The molecule has 1 aliphatic rings. The van der Waals surface area contributed by atoms with E-state index < -0.39 is 23.8 Å². The highest BCUT2D eigenvalue weighted by molar-refractivity contribution is 6.01. The van der Waals surface area contributed by atoms with Crippen LogP contribution in [0, 0.1) is 11.3 Å². The maximum atomic E-state index is 13.5. The van der Waals surface area contributed by atoms with E-state index in [2.05, 4.69) is 0 Å². The Morgan fingerprint density at radius 2 is 1.74 bits per heavy atom. The molecule has 0 radical (unpaired) electrons. The predicted octanol–water partition coefficient (Wildman–Crippen LogP) is 1.26. The van der Waals surface area contributed by atoms with Crippen LogP contribution in [-0.4, -0.2) is 58.7 Å². The third-order valence-electron chi connectivity index (χ3n) is 5.56. The Balaban J connectivity index is 1.92. The third-order valence-corrected chi connectivity index (χ3v) is 5.56. The lowest BCUT2D eigenvalue weighted by Gasteiger charge is -2.36. The summed E-state index contributed by atoms with van der Waals surface area (Å²) in [7, 11) is 3.14. The van der Waals surface area contributed by atoms with Gasteiger partial charge in [-0.25, -0.2) is 4.79 Å². The highest BCUT2D eigenvalue weighted by Crippen LogP contribution is 2.26. The van der Waals surface area contributed by atoms with Crippen molar-refractivity contribution in [2.45, 2.75) is 25.4 Å². The molecule has 162 valence electrons. The molecule has 0 spiro atoms. The van der Waals surface area contributed by atoms with E-state index in [1.165, 1.54) is 9.80 Å². The van der Waals surface area contributed by atoms with Gasteiger partial charge in [-0.3, -0.25) is 15.0 Å². The number of rotatable bonds is 6. The van der Waals surface area contributed by atoms with Crippen molar-refractivity contribution in [3.05, 3.63) is 70.8 Å². The van der Waals surface area contributed by atoms with Gasteiger partial charge in [-0.1, -0.05) is 48.5 Å². The highest BCUT2D eigenvalue weighted by atomic mass is 16.4. The minimum atomic E-state index is -1.09. The molecule has 2 aromatic rings. The van der Waals surface area contributed by atoms with E-state index in [0.717, 1.165) is 16.7 Å². The van der Waals surface area contributed by atoms with Crippen LogP contribution >= 0.6 is 0 Å². The Kier molecular flexibility index (Phi) is 6.39. The first kappa shape index (κ1) is 22.0. The molecule has 1 aliphatic heterocycles. The summed E-state index contributed by atoms with van der Waals surface area (Å²) in [6.45, 7) is 0.145. The van der Waals surface area contributed by atoms with E-state index >= 15 is 0 Å². The number of hydrogen-bond acceptors (Lipinski definition) is 4. The van der Waals surface area contributed by atoms with Crippen LogP contribution in [0.5, 0.6) is 0 Å². The molecule has 8 heteroatoms. The first-order valence-electron chi connectivity index (χ1n) is 9.93. The second kappa shape index (κ2) is 8.99. The molecule has 2 unspecified atom stereocenters. The topological polar surface area (TPSA) is 128 Å². The minimum Gasteiger partial charge on any atom is -0.480 e. The molecule has 2 aromatic carbocycles. The number of nitrogens with two attached hydrogens (primary N) is 1. The Labute approximate surface area is 180 Å². The molecular formula is C23H26N4O4. The average Bonchev–Trinajstić information content (AvgIpc) is 2.75. The predicted molar refractivity (Wildman–Crippen MR) is 115 cm³/mol. The van der Waals surface area contributed by atoms with Gasteiger partial charge >= 0.3 is 5.97 Å². The standard InChI is InChI=1S/C23H26N4O4/c1-26(2)21(28)18(11-14-7-9-15(10-8-14)20(24)25)22(29)27-13-17-6-4-3-5-16(17)12-19(27)23(30)31/h3-10,18-19H,11-13H2,1-2H3,(H3,24,25)(H,30,31). The molecule has 0 aliphatic carbocycles. The fourth-order valence-electron chi connectivity index (χ4n) is 3.82.